The van der Waals surface area contributed by atoms with E-state index in [0.717, 1.165) is 0 Å². The van der Waals surface area contributed by atoms with E-state index in [0.29, 0.717) is 34.5 Å². The maximum atomic E-state index is 13.3. The minimum absolute atomic E-state index is 0.0200. The number of methoxy groups -OCH3 is 3. The molecule has 0 spiro atoms. The zero-order valence-electron chi connectivity index (χ0n) is 18.8. The molecule has 1 aromatic carbocycles. The standard InChI is InChI=1S/C20H25ClN6O5S/c1-6-16-24-25-20(27(16)17-14(30-3)8-7-9-15(17)31-4)26-33(28,29)12(2)18(32-5)19-22-10-13(21)11-23-19/h7-12,18H,6H2,1-5H3,(H,25,26)/t12-,18-/m0/s1. The number of nitrogens with zero attached hydrogens (tertiary/aromatic N) is 5. The van der Waals surface area contributed by atoms with E-state index in [4.69, 9.17) is 25.8 Å². The summed E-state index contributed by atoms with van der Waals surface area (Å²) in [5.74, 6) is 1.59. The SMILES string of the molecule is CCc1nnc(NS(=O)(=O)[C@@H](C)[C@H](OC)c2ncc(Cl)cn2)n1-c1c(OC)cccc1OC. The number of para-hydroxylation sites is 1. The summed E-state index contributed by atoms with van der Waals surface area (Å²) in [7, 11) is 0.359. The summed E-state index contributed by atoms with van der Waals surface area (Å²) in [4.78, 5) is 8.18. The predicted octanol–water partition coefficient (Wildman–Crippen LogP) is 2.81. The molecule has 178 valence electrons. The average Bonchev–Trinajstić information content (AvgIpc) is 3.21. The first kappa shape index (κ1) is 24.7. The lowest BCUT2D eigenvalue weighted by molar-refractivity contribution is 0.0950. The first-order valence-corrected chi connectivity index (χ1v) is 11.9. The maximum absolute atomic E-state index is 13.3. The lowest BCUT2D eigenvalue weighted by Crippen LogP contribution is -2.33. The molecule has 0 amide bonds. The van der Waals surface area contributed by atoms with Crippen molar-refractivity contribution in [3.8, 4) is 17.2 Å². The first-order valence-electron chi connectivity index (χ1n) is 9.94. The topological polar surface area (TPSA) is 130 Å². The highest BCUT2D eigenvalue weighted by Gasteiger charge is 2.34. The highest BCUT2D eigenvalue weighted by molar-refractivity contribution is 7.93. The Morgan fingerprint density at radius 3 is 2.21 bits per heavy atom. The number of aromatic nitrogens is 5. The Morgan fingerprint density at radius 2 is 1.70 bits per heavy atom. The monoisotopic (exact) mass is 496 g/mol. The summed E-state index contributed by atoms with van der Waals surface area (Å²) in [6.07, 6.45) is 2.27. The van der Waals surface area contributed by atoms with Crippen molar-refractivity contribution in [2.75, 3.05) is 26.1 Å². The van der Waals surface area contributed by atoms with Crippen LogP contribution in [0.2, 0.25) is 5.02 Å². The molecule has 2 atom stereocenters. The molecule has 11 nitrogen and oxygen atoms in total. The van der Waals surface area contributed by atoms with Gasteiger partial charge in [0.05, 0.1) is 19.2 Å². The zero-order valence-corrected chi connectivity index (χ0v) is 20.4. The van der Waals surface area contributed by atoms with Gasteiger partial charge in [0.15, 0.2) is 5.82 Å². The van der Waals surface area contributed by atoms with E-state index < -0.39 is 21.4 Å². The summed E-state index contributed by atoms with van der Waals surface area (Å²) in [6.45, 7) is 3.36. The fraction of sp³-hybridized carbons (Fsp3) is 0.400. The van der Waals surface area contributed by atoms with Crippen molar-refractivity contribution in [3.63, 3.8) is 0 Å². The highest BCUT2D eigenvalue weighted by Crippen LogP contribution is 2.36. The Bertz CT molecular complexity index is 1180. The average molecular weight is 497 g/mol. The van der Waals surface area contributed by atoms with Gasteiger partial charge in [-0.25, -0.2) is 18.4 Å². The van der Waals surface area contributed by atoms with E-state index in [1.54, 1.807) is 22.8 Å². The van der Waals surface area contributed by atoms with Crippen LogP contribution in [-0.2, 0) is 21.2 Å². The number of aryl methyl sites for hydroxylation is 1. The van der Waals surface area contributed by atoms with Crippen LogP contribution >= 0.6 is 11.6 Å². The van der Waals surface area contributed by atoms with Crippen LogP contribution in [0.4, 0.5) is 5.95 Å². The Labute approximate surface area is 197 Å². The van der Waals surface area contributed by atoms with Crippen molar-refractivity contribution in [2.45, 2.75) is 31.6 Å². The van der Waals surface area contributed by atoms with E-state index in [9.17, 15) is 8.42 Å². The van der Waals surface area contributed by atoms with Gasteiger partial charge in [-0.1, -0.05) is 24.6 Å². The third-order valence-electron chi connectivity index (χ3n) is 4.97. The van der Waals surface area contributed by atoms with Gasteiger partial charge in [0.2, 0.25) is 16.0 Å². The molecule has 0 bridgehead atoms. The molecule has 33 heavy (non-hydrogen) atoms. The lowest BCUT2D eigenvalue weighted by Gasteiger charge is -2.22. The van der Waals surface area contributed by atoms with E-state index >= 15 is 0 Å². The van der Waals surface area contributed by atoms with Crippen molar-refractivity contribution in [3.05, 3.63) is 47.3 Å². The molecule has 3 rings (SSSR count). The molecule has 0 aliphatic rings. The number of benzene rings is 1. The smallest absolute Gasteiger partial charge is 0.243 e. The molecule has 0 saturated carbocycles. The molecule has 0 saturated heterocycles. The third-order valence-corrected chi connectivity index (χ3v) is 6.86. The molecular weight excluding hydrogens is 472 g/mol. The Balaban J connectivity index is 2.04. The predicted molar refractivity (Wildman–Crippen MR) is 123 cm³/mol. The van der Waals surface area contributed by atoms with Crippen molar-refractivity contribution < 1.29 is 22.6 Å². The molecule has 2 aromatic heterocycles. The lowest BCUT2D eigenvalue weighted by atomic mass is 10.2. The van der Waals surface area contributed by atoms with Gasteiger partial charge in [0.1, 0.15) is 34.4 Å². The summed E-state index contributed by atoms with van der Waals surface area (Å²) in [5.41, 5.74) is 0.471. The molecule has 3 aromatic rings. The van der Waals surface area contributed by atoms with Gasteiger partial charge in [0, 0.05) is 25.9 Å². The summed E-state index contributed by atoms with van der Waals surface area (Å²) >= 11 is 5.84. The molecule has 0 unspecified atom stereocenters. The molecule has 0 fully saturated rings. The van der Waals surface area contributed by atoms with E-state index in [-0.39, 0.29) is 11.8 Å². The number of hydrogen-bond acceptors (Lipinski definition) is 9. The molecular formula is C20H25ClN6O5S. The number of halogens is 1. The van der Waals surface area contributed by atoms with Gasteiger partial charge in [-0.2, -0.15) is 0 Å². The summed E-state index contributed by atoms with van der Waals surface area (Å²) in [6, 6.07) is 5.23. The second-order valence-electron chi connectivity index (χ2n) is 6.91. The Kier molecular flexibility index (Phi) is 7.72. The zero-order chi connectivity index (χ0) is 24.2. The number of ether oxygens (including phenoxy) is 3. The second-order valence-corrected chi connectivity index (χ2v) is 9.38. The van der Waals surface area contributed by atoms with Crippen molar-refractivity contribution in [1.82, 2.24) is 24.7 Å². The Hall–Kier alpha value is -2.96. The summed E-state index contributed by atoms with van der Waals surface area (Å²) in [5, 5.41) is 7.46. The van der Waals surface area contributed by atoms with E-state index in [1.807, 2.05) is 6.92 Å². The van der Waals surface area contributed by atoms with Crippen LogP contribution in [0.3, 0.4) is 0 Å². The van der Waals surface area contributed by atoms with Gasteiger partial charge in [0.25, 0.3) is 0 Å². The normalized spacial score (nSPS) is 13.4. The molecule has 2 heterocycles. The van der Waals surface area contributed by atoms with Gasteiger partial charge >= 0.3 is 0 Å². The van der Waals surface area contributed by atoms with Gasteiger partial charge < -0.3 is 14.2 Å². The van der Waals surface area contributed by atoms with Gasteiger partial charge in [-0.3, -0.25) is 9.29 Å². The van der Waals surface area contributed by atoms with Gasteiger partial charge in [-0.15, -0.1) is 10.2 Å². The van der Waals surface area contributed by atoms with Crippen molar-refractivity contribution >= 4 is 27.6 Å². The van der Waals surface area contributed by atoms with Crippen molar-refractivity contribution in [2.24, 2.45) is 0 Å². The number of anilines is 1. The number of sulfonamides is 1. The number of hydrogen-bond donors (Lipinski definition) is 1. The fourth-order valence-electron chi connectivity index (χ4n) is 3.26. The van der Waals surface area contributed by atoms with Crippen LogP contribution < -0.4 is 14.2 Å². The van der Waals surface area contributed by atoms with Gasteiger partial charge in [-0.05, 0) is 19.1 Å². The quantitative estimate of drug-likeness (QED) is 0.450. The highest BCUT2D eigenvalue weighted by atomic mass is 35.5. The van der Waals surface area contributed by atoms with Crippen LogP contribution in [-0.4, -0.2) is 59.7 Å². The van der Waals surface area contributed by atoms with Crippen LogP contribution in [0.25, 0.3) is 5.69 Å². The second kappa shape index (κ2) is 10.3. The minimum atomic E-state index is -4.04. The molecule has 0 radical (unpaired) electrons. The Morgan fingerprint density at radius 1 is 1.09 bits per heavy atom. The molecule has 13 heteroatoms. The van der Waals surface area contributed by atoms with Crippen molar-refractivity contribution in [1.29, 1.82) is 0 Å². The molecule has 1 N–H and O–H groups in total. The maximum Gasteiger partial charge on any atom is 0.243 e. The fourth-order valence-corrected chi connectivity index (χ4v) is 4.49. The van der Waals surface area contributed by atoms with Crippen LogP contribution in [0, 0.1) is 0 Å². The first-order chi connectivity index (χ1) is 15.8. The van der Waals surface area contributed by atoms with E-state index in [1.165, 1.54) is 40.6 Å². The summed E-state index contributed by atoms with van der Waals surface area (Å²) < 4.78 is 47.1. The third kappa shape index (κ3) is 5.02. The van der Waals surface area contributed by atoms with Crippen LogP contribution in [0.1, 0.15) is 31.6 Å². The van der Waals surface area contributed by atoms with Crippen LogP contribution in [0.5, 0.6) is 11.5 Å². The largest absolute Gasteiger partial charge is 0.494 e. The molecule has 0 aliphatic carbocycles. The number of rotatable bonds is 10. The minimum Gasteiger partial charge on any atom is -0.494 e. The molecule has 0 aliphatic heterocycles. The van der Waals surface area contributed by atoms with Crippen LogP contribution in [0.15, 0.2) is 30.6 Å². The number of nitrogens with one attached hydrogen (secondary N) is 1. The van der Waals surface area contributed by atoms with E-state index in [2.05, 4.69) is 24.9 Å².